The molecule has 5 rings (SSSR count). The highest BCUT2D eigenvalue weighted by Gasteiger charge is 2.22. The zero-order valence-electron chi connectivity index (χ0n) is 16.2. The highest BCUT2D eigenvalue weighted by Crippen LogP contribution is 2.33. The van der Waals surface area contributed by atoms with Crippen molar-refractivity contribution in [2.24, 2.45) is 5.16 Å². The Bertz CT molecular complexity index is 1040. The highest BCUT2D eigenvalue weighted by molar-refractivity contribution is 6.04. The molecule has 1 aromatic carbocycles. The number of aryl methyl sites for hydroxylation is 1. The van der Waals surface area contributed by atoms with Crippen LogP contribution in [0.5, 0.6) is 0 Å². The molecule has 0 saturated carbocycles. The molecule has 2 aliphatic rings. The van der Waals surface area contributed by atoms with Crippen LogP contribution in [0.4, 0.5) is 0 Å². The van der Waals surface area contributed by atoms with E-state index >= 15 is 0 Å². The molecule has 0 bridgehead atoms. The molecular formula is C22H24N6O. The minimum atomic E-state index is 0.766. The zero-order valence-corrected chi connectivity index (χ0v) is 16.2. The van der Waals surface area contributed by atoms with E-state index in [1.54, 1.807) is 0 Å². The van der Waals surface area contributed by atoms with Gasteiger partial charge in [-0.05, 0) is 36.6 Å². The molecule has 1 saturated heterocycles. The van der Waals surface area contributed by atoms with Crippen molar-refractivity contribution in [1.29, 1.82) is 0 Å². The third-order valence-electron chi connectivity index (χ3n) is 5.75. The van der Waals surface area contributed by atoms with E-state index in [0.717, 1.165) is 85.2 Å². The van der Waals surface area contributed by atoms with Gasteiger partial charge in [-0.3, -0.25) is 9.88 Å². The molecule has 0 spiro atoms. The normalized spacial score (nSPS) is 18.3. The smallest absolute Gasteiger partial charge is 0.121 e. The first-order chi connectivity index (χ1) is 14.3. The second kappa shape index (κ2) is 7.77. The summed E-state index contributed by atoms with van der Waals surface area (Å²) in [7, 11) is 0. The van der Waals surface area contributed by atoms with Crippen LogP contribution in [0.15, 0.2) is 47.9 Å². The average molecular weight is 388 g/mol. The Morgan fingerprint density at radius 3 is 2.66 bits per heavy atom. The predicted octanol–water partition coefficient (Wildman–Crippen LogP) is 2.67. The van der Waals surface area contributed by atoms with Gasteiger partial charge in [0.25, 0.3) is 0 Å². The molecule has 3 N–H and O–H groups in total. The number of oxime groups is 1. The van der Waals surface area contributed by atoms with Crippen LogP contribution >= 0.6 is 0 Å². The van der Waals surface area contributed by atoms with Crippen LogP contribution in [-0.2, 0) is 13.0 Å². The van der Waals surface area contributed by atoms with Crippen LogP contribution in [0.25, 0.3) is 22.5 Å². The lowest BCUT2D eigenvalue weighted by Gasteiger charge is -2.26. The molecular weight excluding hydrogens is 364 g/mol. The zero-order chi connectivity index (χ0) is 19.6. The van der Waals surface area contributed by atoms with Gasteiger partial charge in [-0.1, -0.05) is 17.3 Å². The number of fused-ring (bicyclic) bond motifs is 1. The van der Waals surface area contributed by atoms with Crippen LogP contribution < -0.4 is 5.32 Å². The average Bonchev–Trinajstić information content (AvgIpc) is 3.38. The Morgan fingerprint density at radius 1 is 1.03 bits per heavy atom. The van der Waals surface area contributed by atoms with Crippen molar-refractivity contribution in [1.82, 2.24) is 25.2 Å². The van der Waals surface area contributed by atoms with Crippen molar-refractivity contribution < 1.29 is 5.21 Å². The number of aromatic nitrogens is 3. The van der Waals surface area contributed by atoms with Gasteiger partial charge in [-0.25, -0.2) is 4.98 Å². The van der Waals surface area contributed by atoms with Gasteiger partial charge < -0.3 is 15.5 Å². The van der Waals surface area contributed by atoms with Gasteiger partial charge in [0.2, 0.25) is 0 Å². The van der Waals surface area contributed by atoms with Crippen LogP contribution in [0.3, 0.4) is 0 Å². The van der Waals surface area contributed by atoms with Gasteiger partial charge in [-0.2, -0.15) is 0 Å². The standard InChI is InChI=1S/C22H24N6O/c29-27-19-4-2-16-13-17(1-3-18(16)19)22-21(15-5-7-23-8-6-15)25-20(26-22)14-28-11-9-24-10-12-28/h1,3,5-8,13,24,29H,2,4,9-12,14H2,(H,25,26)/b27-19+. The minimum absolute atomic E-state index is 0.766. The lowest BCUT2D eigenvalue weighted by Crippen LogP contribution is -2.43. The number of nitrogens with one attached hydrogen (secondary N) is 2. The first-order valence-electron chi connectivity index (χ1n) is 10.1. The summed E-state index contributed by atoms with van der Waals surface area (Å²) in [5.41, 5.74) is 7.15. The Morgan fingerprint density at radius 2 is 1.86 bits per heavy atom. The molecule has 3 heterocycles. The monoisotopic (exact) mass is 388 g/mol. The van der Waals surface area contributed by atoms with Crippen LogP contribution in [0.1, 0.15) is 23.4 Å². The predicted molar refractivity (Wildman–Crippen MR) is 112 cm³/mol. The number of piperazine rings is 1. The molecule has 2 aromatic heterocycles. The molecule has 7 heteroatoms. The first kappa shape index (κ1) is 18.0. The van der Waals surface area contributed by atoms with Gasteiger partial charge in [-0.15, -0.1) is 0 Å². The van der Waals surface area contributed by atoms with E-state index in [-0.39, 0.29) is 0 Å². The van der Waals surface area contributed by atoms with Crippen molar-refractivity contribution in [3.8, 4) is 22.5 Å². The second-order valence-corrected chi connectivity index (χ2v) is 7.59. The van der Waals surface area contributed by atoms with Crippen LogP contribution in [-0.4, -0.2) is 56.9 Å². The summed E-state index contributed by atoms with van der Waals surface area (Å²) in [6, 6.07) is 10.3. The lowest BCUT2D eigenvalue weighted by molar-refractivity contribution is 0.228. The number of H-pyrrole nitrogens is 1. The largest absolute Gasteiger partial charge is 0.411 e. The SMILES string of the molecule is O/N=C1\CCc2cc(-c3nc(CN4CCNCC4)[nH]c3-c3ccncc3)ccc21. The number of nitrogens with zero attached hydrogens (tertiary/aromatic N) is 4. The third-order valence-corrected chi connectivity index (χ3v) is 5.75. The topological polar surface area (TPSA) is 89.4 Å². The highest BCUT2D eigenvalue weighted by atomic mass is 16.4. The Hall–Kier alpha value is -3.03. The van der Waals surface area contributed by atoms with Gasteiger partial charge in [0.05, 0.1) is 23.6 Å². The van der Waals surface area contributed by atoms with Crippen molar-refractivity contribution in [2.75, 3.05) is 26.2 Å². The summed E-state index contributed by atoms with van der Waals surface area (Å²) in [4.78, 5) is 15.1. The van der Waals surface area contributed by atoms with E-state index in [2.05, 4.69) is 37.5 Å². The molecule has 1 aliphatic heterocycles. The molecule has 0 radical (unpaired) electrons. The van der Waals surface area contributed by atoms with Crippen molar-refractivity contribution in [3.63, 3.8) is 0 Å². The molecule has 1 fully saturated rings. The summed E-state index contributed by atoms with van der Waals surface area (Å²) in [5, 5.41) is 16.0. The van der Waals surface area contributed by atoms with Crippen molar-refractivity contribution >= 4 is 5.71 Å². The number of hydrogen-bond acceptors (Lipinski definition) is 6. The Balaban J connectivity index is 1.54. The number of pyridine rings is 1. The molecule has 1 aliphatic carbocycles. The number of aromatic amines is 1. The fourth-order valence-corrected chi connectivity index (χ4v) is 4.24. The molecule has 0 amide bonds. The van der Waals surface area contributed by atoms with Gasteiger partial charge in [0.1, 0.15) is 5.82 Å². The summed E-state index contributed by atoms with van der Waals surface area (Å²) in [6.07, 6.45) is 5.29. The van der Waals surface area contributed by atoms with Crippen molar-refractivity contribution in [2.45, 2.75) is 19.4 Å². The molecule has 29 heavy (non-hydrogen) atoms. The summed E-state index contributed by atoms with van der Waals surface area (Å²) in [6.45, 7) is 4.91. The number of benzene rings is 1. The van der Waals surface area contributed by atoms with Gasteiger partial charge >= 0.3 is 0 Å². The van der Waals surface area contributed by atoms with E-state index in [1.165, 1.54) is 5.56 Å². The fraction of sp³-hybridized carbons (Fsp3) is 0.318. The third kappa shape index (κ3) is 3.54. The second-order valence-electron chi connectivity index (χ2n) is 7.59. The first-order valence-corrected chi connectivity index (χ1v) is 10.1. The molecule has 148 valence electrons. The van der Waals surface area contributed by atoms with Crippen LogP contribution in [0, 0.1) is 0 Å². The van der Waals surface area contributed by atoms with E-state index in [9.17, 15) is 5.21 Å². The molecule has 0 atom stereocenters. The van der Waals surface area contributed by atoms with E-state index in [4.69, 9.17) is 4.98 Å². The van der Waals surface area contributed by atoms with Crippen molar-refractivity contribution in [3.05, 3.63) is 59.7 Å². The molecule has 7 nitrogen and oxygen atoms in total. The van der Waals surface area contributed by atoms with Gasteiger partial charge in [0, 0.05) is 55.3 Å². The maximum Gasteiger partial charge on any atom is 0.121 e. The summed E-state index contributed by atoms with van der Waals surface area (Å²) < 4.78 is 0. The van der Waals surface area contributed by atoms with E-state index in [0.29, 0.717) is 0 Å². The maximum absolute atomic E-state index is 9.21. The minimum Gasteiger partial charge on any atom is -0.411 e. The number of hydrogen-bond donors (Lipinski definition) is 3. The number of rotatable bonds is 4. The lowest BCUT2D eigenvalue weighted by atomic mass is 10.0. The quantitative estimate of drug-likeness (QED) is 0.472. The fourth-order valence-electron chi connectivity index (χ4n) is 4.24. The Labute approximate surface area is 169 Å². The van der Waals surface area contributed by atoms with E-state index in [1.807, 2.05) is 30.6 Å². The maximum atomic E-state index is 9.21. The van der Waals surface area contributed by atoms with Gasteiger partial charge in [0.15, 0.2) is 0 Å². The summed E-state index contributed by atoms with van der Waals surface area (Å²) in [5.74, 6) is 0.979. The molecule has 0 unspecified atom stereocenters. The number of imidazole rings is 1. The molecule has 3 aromatic rings. The van der Waals surface area contributed by atoms with Crippen LogP contribution in [0.2, 0.25) is 0 Å². The summed E-state index contributed by atoms with van der Waals surface area (Å²) >= 11 is 0. The Kier molecular flexibility index (Phi) is 4.83. The van der Waals surface area contributed by atoms with E-state index < -0.39 is 0 Å².